The van der Waals surface area contributed by atoms with Gasteiger partial charge in [0.15, 0.2) is 0 Å². The molecule has 3 aliphatic rings. The lowest BCUT2D eigenvalue weighted by Gasteiger charge is -2.26. The number of thiophene rings is 1. The molecule has 3 aliphatic carbocycles. The summed E-state index contributed by atoms with van der Waals surface area (Å²) in [4.78, 5) is 0. The van der Waals surface area contributed by atoms with Crippen molar-refractivity contribution in [3.63, 3.8) is 0 Å². The number of hydrogen-bond acceptors (Lipinski definition) is 4. The maximum Gasteiger partial charge on any atom is 0.0544 e. The molecule has 0 bridgehead atoms. The Balaban J connectivity index is 0.000000196. The minimum Gasteiger partial charge on any atom is -0.323 e. The first kappa shape index (κ1) is 44.7. The van der Waals surface area contributed by atoms with Gasteiger partial charge in [-0.2, -0.15) is 5.10 Å². The summed E-state index contributed by atoms with van der Waals surface area (Å²) in [6.45, 7) is 19.1. The van der Waals surface area contributed by atoms with E-state index in [1.165, 1.54) is 81.4 Å². The van der Waals surface area contributed by atoms with Gasteiger partial charge in [-0.1, -0.05) is 155 Å². The number of hydrogen-bond donors (Lipinski definition) is 2. The molecule has 0 amide bonds. The second kappa shape index (κ2) is 20.6. The lowest BCUT2D eigenvalue weighted by Crippen LogP contribution is -2.18. The molecule has 3 nitrogen and oxygen atoms in total. The molecule has 0 saturated carbocycles. The highest BCUT2D eigenvalue weighted by Crippen LogP contribution is 2.52. The van der Waals surface area contributed by atoms with Crippen molar-refractivity contribution in [2.24, 2.45) is 10.9 Å². The Labute approximate surface area is 369 Å². The maximum atomic E-state index is 8.26. The summed E-state index contributed by atoms with van der Waals surface area (Å²) in [5.74, 6) is 5.43. The van der Waals surface area contributed by atoms with Gasteiger partial charge in [-0.25, -0.2) is 0 Å². The third kappa shape index (κ3) is 9.87. The summed E-state index contributed by atoms with van der Waals surface area (Å²) in [5.41, 5.74) is 18.0. The third-order valence-electron chi connectivity index (χ3n) is 12.1. The molecular weight excluding hydrogens is 759 g/mol. The van der Waals surface area contributed by atoms with Crippen LogP contribution in [0.25, 0.3) is 48.0 Å². The van der Waals surface area contributed by atoms with Crippen LogP contribution in [0, 0.1) is 5.41 Å². The van der Waals surface area contributed by atoms with Crippen molar-refractivity contribution >= 4 is 60.2 Å². The van der Waals surface area contributed by atoms with Crippen LogP contribution < -0.4 is 5.84 Å². The minimum atomic E-state index is 0.0249. The summed E-state index contributed by atoms with van der Waals surface area (Å²) in [6.07, 6.45) is 28.5. The fourth-order valence-corrected chi connectivity index (χ4v) is 9.96. The van der Waals surface area contributed by atoms with Gasteiger partial charge >= 0.3 is 0 Å². The van der Waals surface area contributed by atoms with Crippen LogP contribution >= 0.6 is 11.3 Å². The van der Waals surface area contributed by atoms with Crippen molar-refractivity contribution in [3.05, 3.63) is 185 Å². The molecule has 1 aromatic heterocycles. The minimum absolute atomic E-state index is 0.0249. The van der Waals surface area contributed by atoms with Gasteiger partial charge in [0.25, 0.3) is 0 Å². The van der Waals surface area contributed by atoms with Gasteiger partial charge in [0.05, 0.1) is 6.21 Å². The number of allylic oxidation sites excluding steroid dienone is 15. The van der Waals surface area contributed by atoms with E-state index in [9.17, 15) is 0 Å². The van der Waals surface area contributed by atoms with Crippen molar-refractivity contribution in [1.29, 1.82) is 5.41 Å². The van der Waals surface area contributed by atoms with Crippen LogP contribution in [0.3, 0.4) is 0 Å². The van der Waals surface area contributed by atoms with Gasteiger partial charge < -0.3 is 11.3 Å². The molecule has 3 N–H and O–H groups in total. The zero-order valence-electron chi connectivity index (χ0n) is 37.4. The standard InChI is InChI=1S/C29H35N.C26H22N2S.C2H6/c1-6-8-14-21(3)27(30)20-12-9-15-22(7-2)23-17-13-18-25-24-16-10-11-19-26(24)29(4,5)28(23)25;1-17-5-7-18(8-6-17)19-9-11-20(12-10-19)21-13-14-24-23(15-21)26-22(16-28-27)3-2-4-25(26)29-24;1-2/h6-8,11,13-15,17-19,30H,2,9-10,12,16,20H2,1,3-5H3;2-5,7,9-16H,6,8,27H2,1H3;1-2H3/b8-6-,21-14+,22-15+,30-27?;28-16+;. The maximum absolute atomic E-state index is 8.26. The smallest absolute Gasteiger partial charge is 0.0544 e. The van der Waals surface area contributed by atoms with Crippen LogP contribution in [-0.2, 0) is 5.41 Å². The zero-order valence-corrected chi connectivity index (χ0v) is 38.2. The molecule has 1 heterocycles. The molecule has 312 valence electrons. The first-order chi connectivity index (χ1) is 29.6. The molecule has 61 heavy (non-hydrogen) atoms. The highest BCUT2D eigenvalue weighted by atomic mass is 32.1. The van der Waals surface area contributed by atoms with Gasteiger partial charge in [0.2, 0.25) is 0 Å². The lowest BCUT2D eigenvalue weighted by molar-refractivity contribution is 0.649. The Hall–Kier alpha value is -5.84. The first-order valence-electron chi connectivity index (χ1n) is 22.0. The van der Waals surface area contributed by atoms with Crippen LogP contribution in [0.2, 0.25) is 0 Å². The van der Waals surface area contributed by atoms with Crippen molar-refractivity contribution in [2.45, 2.75) is 98.8 Å². The van der Waals surface area contributed by atoms with Crippen LogP contribution in [0.5, 0.6) is 0 Å². The molecule has 5 aromatic rings. The summed E-state index contributed by atoms with van der Waals surface area (Å²) in [6, 6.07) is 28.7. The topological polar surface area (TPSA) is 62.2 Å². The van der Waals surface area contributed by atoms with Crippen LogP contribution in [0.4, 0.5) is 0 Å². The Morgan fingerprint density at radius 2 is 1.67 bits per heavy atom. The zero-order chi connectivity index (χ0) is 43.5. The fraction of sp³-hybridized carbons (Fsp3) is 0.263. The number of fused-ring (bicyclic) bond motifs is 5. The Morgan fingerprint density at radius 3 is 2.39 bits per heavy atom. The Kier molecular flexibility index (Phi) is 15.1. The molecule has 0 aliphatic heterocycles. The predicted molar refractivity (Wildman–Crippen MR) is 272 cm³/mol. The SMILES string of the molecule is C=C/C(=C\CCCC(=N)/C(C)=C/C=C\C)c1cccc2c1C(C)(C)C1=C2CCC=C1.CC.CC1=CC=C(c2ccc(-c3ccc4sc5cccc(/C=N/N)c5c4c3)cc2)CC1. The van der Waals surface area contributed by atoms with E-state index in [0.29, 0.717) is 0 Å². The van der Waals surface area contributed by atoms with E-state index < -0.39 is 0 Å². The van der Waals surface area contributed by atoms with E-state index in [-0.39, 0.29) is 5.41 Å². The van der Waals surface area contributed by atoms with Crippen molar-refractivity contribution < 1.29 is 0 Å². The average Bonchev–Trinajstić information content (AvgIpc) is 3.79. The number of nitrogens with one attached hydrogen (secondary N) is 1. The van der Waals surface area contributed by atoms with E-state index in [1.54, 1.807) is 6.21 Å². The molecule has 4 heteroatoms. The predicted octanol–water partition coefficient (Wildman–Crippen LogP) is 16.5. The quantitative estimate of drug-likeness (QED) is 0.0450. The summed E-state index contributed by atoms with van der Waals surface area (Å²) in [5, 5.41) is 14.5. The number of nitrogens with two attached hydrogens (primary N) is 1. The highest BCUT2D eigenvalue weighted by molar-refractivity contribution is 7.25. The molecule has 0 fully saturated rings. The summed E-state index contributed by atoms with van der Waals surface area (Å²) >= 11 is 1.81. The molecule has 0 saturated heterocycles. The largest absolute Gasteiger partial charge is 0.323 e. The van der Waals surface area contributed by atoms with Gasteiger partial charge in [-0.3, -0.25) is 0 Å². The molecule has 0 radical (unpaired) electrons. The number of unbranched alkanes of at least 4 members (excludes halogenated alkanes) is 1. The number of rotatable bonds is 11. The van der Waals surface area contributed by atoms with Gasteiger partial charge in [0, 0.05) is 36.9 Å². The van der Waals surface area contributed by atoms with E-state index in [2.05, 4.69) is 142 Å². The van der Waals surface area contributed by atoms with E-state index >= 15 is 0 Å². The van der Waals surface area contributed by atoms with Crippen LogP contribution in [0.15, 0.2) is 162 Å². The number of benzene rings is 4. The normalized spacial score (nSPS) is 15.9. The average molecular weight is 822 g/mol. The van der Waals surface area contributed by atoms with Gasteiger partial charge in [-0.15, -0.1) is 11.3 Å². The molecule has 0 unspecified atom stereocenters. The molecule has 8 rings (SSSR count). The second-order valence-corrected chi connectivity index (χ2v) is 17.5. The third-order valence-corrected chi connectivity index (χ3v) is 13.2. The van der Waals surface area contributed by atoms with E-state index in [1.807, 2.05) is 63.3 Å². The highest BCUT2D eigenvalue weighted by Gasteiger charge is 2.38. The molecule has 0 atom stereocenters. The van der Waals surface area contributed by atoms with E-state index in [4.69, 9.17) is 11.3 Å². The summed E-state index contributed by atoms with van der Waals surface area (Å²) in [7, 11) is 0. The second-order valence-electron chi connectivity index (χ2n) is 16.4. The number of hydrazone groups is 1. The van der Waals surface area contributed by atoms with Crippen molar-refractivity contribution in [3.8, 4) is 11.1 Å². The van der Waals surface area contributed by atoms with Gasteiger partial charge in [0.1, 0.15) is 0 Å². The van der Waals surface area contributed by atoms with Crippen molar-refractivity contribution in [2.75, 3.05) is 0 Å². The Morgan fingerprint density at radius 1 is 0.918 bits per heavy atom. The monoisotopic (exact) mass is 821 g/mol. The first-order valence-corrected chi connectivity index (χ1v) is 22.9. The van der Waals surface area contributed by atoms with E-state index in [0.717, 1.165) is 61.8 Å². The molecule has 4 aromatic carbocycles. The van der Waals surface area contributed by atoms with Crippen LogP contribution in [-0.4, -0.2) is 11.9 Å². The summed E-state index contributed by atoms with van der Waals surface area (Å²) < 4.78 is 2.55. The lowest BCUT2D eigenvalue weighted by atomic mass is 9.77. The van der Waals surface area contributed by atoms with Crippen molar-refractivity contribution in [1.82, 2.24) is 0 Å². The fourth-order valence-electron chi connectivity index (χ4n) is 8.84. The van der Waals surface area contributed by atoms with Crippen LogP contribution in [0.1, 0.15) is 121 Å². The molecular formula is C57H63N3S. The Bertz CT molecular complexity index is 2660. The van der Waals surface area contributed by atoms with Gasteiger partial charge in [-0.05, 0) is 145 Å². The number of nitrogens with zero attached hydrogens (tertiary/aromatic N) is 1. The molecule has 0 spiro atoms.